The second-order valence-corrected chi connectivity index (χ2v) is 6.60. The molecule has 0 saturated carbocycles. The van der Waals surface area contributed by atoms with Gasteiger partial charge >= 0.3 is 6.03 Å². The van der Waals surface area contributed by atoms with Crippen molar-refractivity contribution in [2.75, 3.05) is 11.5 Å². The predicted molar refractivity (Wildman–Crippen MR) is 108 cm³/mol. The summed E-state index contributed by atoms with van der Waals surface area (Å²) in [4.78, 5) is 38.0. The number of phenols is 1. The van der Waals surface area contributed by atoms with Gasteiger partial charge in [-0.2, -0.15) is 0 Å². The minimum Gasteiger partial charge on any atom is -0.508 e. The summed E-state index contributed by atoms with van der Waals surface area (Å²) in [6.45, 7) is -0.0372. The van der Waals surface area contributed by atoms with Gasteiger partial charge in [0.15, 0.2) is 5.75 Å². The number of hydrogen-bond donors (Lipinski definition) is 2. The molecule has 2 N–H and O–H groups in total. The summed E-state index contributed by atoms with van der Waals surface area (Å²) in [7, 11) is 0. The lowest BCUT2D eigenvalue weighted by Crippen LogP contribution is -2.54. The fraction of sp³-hybridized carbons (Fsp3) is 0.0500. The lowest BCUT2D eigenvalue weighted by Gasteiger charge is -2.26. The molecular weight excluding hydrogens is 419 g/mol. The number of carbonyl (C=O) groups excluding carboxylic acids is 3. The van der Waals surface area contributed by atoms with E-state index in [0.29, 0.717) is 5.56 Å². The first-order chi connectivity index (χ1) is 13.8. The zero-order valence-electron chi connectivity index (χ0n) is 14.6. The van der Waals surface area contributed by atoms with E-state index < -0.39 is 17.8 Å². The number of ether oxygens (including phenoxy) is 1. The zero-order chi connectivity index (χ0) is 21.1. The SMILES string of the molecule is C#CCOc1c(Cl)cc(C=C2C(=O)NC(=O)N(c3ccc(O)cc3)C2=O)cc1Cl. The molecule has 1 heterocycles. The van der Waals surface area contributed by atoms with E-state index in [2.05, 4.69) is 11.2 Å². The number of rotatable bonds is 4. The molecule has 2 aromatic rings. The Kier molecular flexibility index (Phi) is 5.78. The number of barbiturate groups is 1. The lowest BCUT2D eigenvalue weighted by molar-refractivity contribution is -0.122. The van der Waals surface area contributed by atoms with Crippen LogP contribution in [0, 0.1) is 12.3 Å². The van der Waals surface area contributed by atoms with Crippen LogP contribution < -0.4 is 15.0 Å². The molecule has 146 valence electrons. The molecule has 7 nitrogen and oxygen atoms in total. The Bertz CT molecular complexity index is 1060. The first-order valence-corrected chi connectivity index (χ1v) is 8.83. The van der Waals surface area contributed by atoms with Crippen molar-refractivity contribution in [3.05, 3.63) is 57.6 Å². The molecule has 1 aliphatic heterocycles. The number of imide groups is 2. The number of aromatic hydroxyl groups is 1. The number of terminal acetylenes is 1. The highest BCUT2D eigenvalue weighted by molar-refractivity contribution is 6.40. The van der Waals surface area contributed by atoms with Crippen LogP contribution in [0.4, 0.5) is 10.5 Å². The van der Waals surface area contributed by atoms with Crippen molar-refractivity contribution in [1.82, 2.24) is 5.32 Å². The standard InChI is InChI=1S/C20H12Cl2N2O5/c1-2-7-29-17-15(21)9-11(10-16(17)22)8-14-18(26)23-20(28)24(19(14)27)12-3-5-13(25)6-4-12/h1,3-6,8-10,25H,7H2,(H,23,26,28). The first kappa shape index (κ1) is 20.3. The molecule has 1 aliphatic rings. The molecule has 0 aromatic heterocycles. The smallest absolute Gasteiger partial charge is 0.335 e. The number of hydrogen-bond acceptors (Lipinski definition) is 5. The maximum Gasteiger partial charge on any atom is 0.335 e. The van der Waals surface area contributed by atoms with Crippen molar-refractivity contribution in [3.8, 4) is 23.8 Å². The Hall–Kier alpha value is -3.47. The highest BCUT2D eigenvalue weighted by atomic mass is 35.5. The topological polar surface area (TPSA) is 95.9 Å². The normalized spacial score (nSPS) is 15.3. The van der Waals surface area contributed by atoms with E-state index in [1.54, 1.807) is 0 Å². The number of urea groups is 1. The van der Waals surface area contributed by atoms with Gasteiger partial charge in [-0.3, -0.25) is 14.9 Å². The van der Waals surface area contributed by atoms with Gasteiger partial charge in [0, 0.05) is 0 Å². The minimum absolute atomic E-state index is 0.0372. The molecule has 3 rings (SSSR count). The fourth-order valence-electron chi connectivity index (χ4n) is 2.57. The van der Waals surface area contributed by atoms with E-state index in [1.807, 2.05) is 0 Å². The van der Waals surface area contributed by atoms with Crippen LogP contribution in [0.2, 0.25) is 10.0 Å². The van der Waals surface area contributed by atoms with Crippen molar-refractivity contribution >= 4 is 52.8 Å². The quantitative estimate of drug-likeness (QED) is 0.440. The van der Waals surface area contributed by atoms with E-state index in [-0.39, 0.29) is 39.4 Å². The van der Waals surface area contributed by atoms with Crippen LogP contribution in [0.1, 0.15) is 5.56 Å². The van der Waals surface area contributed by atoms with Crippen LogP contribution in [0.5, 0.6) is 11.5 Å². The molecule has 0 atom stereocenters. The summed E-state index contributed by atoms with van der Waals surface area (Å²) in [5.41, 5.74) is 0.214. The Morgan fingerprint density at radius 1 is 1.14 bits per heavy atom. The molecular formula is C20H12Cl2N2O5. The van der Waals surface area contributed by atoms with Gasteiger partial charge in [0.2, 0.25) is 0 Å². The van der Waals surface area contributed by atoms with Crippen molar-refractivity contribution < 1.29 is 24.2 Å². The van der Waals surface area contributed by atoms with Gasteiger partial charge in [-0.25, -0.2) is 9.69 Å². The van der Waals surface area contributed by atoms with Gasteiger partial charge in [-0.05, 0) is 48.0 Å². The highest BCUT2D eigenvalue weighted by Crippen LogP contribution is 2.35. The summed E-state index contributed by atoms with van der Waals surface area (Å²) in [5.74, 6) is 0.714. The van der Waals surface area contributed by atoms with E-state index in [0.717, 1.165) is 4.90 Å². The maximum atomic E-state index is 12.8. The van der Waals surface area contributed by atoms with Crippen molar-refractivity contribution in [1.29, 1.82) is 0 Å². The van der Waals surface area contributed by atoms with Crippen molar-refractivity contribution in [2.24, 2.45) is 0 Å². The molecule has 0 unspecified atom stereocenters. The average molecular weight is 431 g/mol. The molecule has 0 spiro atoms. The van der Waals surface area contributed by atoms with Gasteiger partial charge in [0.25, 0.3) is 11.8 Å². The number of nitrogens with zero attached hydrogens (tertiary/aromatic N) is 1. The third-order valence-electron chi connectivity index (χ3n) is 3.84. The van der Waals surface area contributed by atoms with Crippen molar-refractivity contribution in [2.45, 2.75) is 0 Å². The Morgan fingerprint density at radius 2 is 1.76 bits per heavy atom. The van der Waals surface area contributed by atoms with E-state index in [9.17, 15) is 19.5 Å². The maximum absolute atomic E-state index is 12.8. The molecule has 1 saturated heterocycles. The van der Waals surface area contributed by atoms with Crippen LogP contribution in [-0.2, 0) is 9.59 Å². The number of benzene rings is 2. The van der Waals surface area contributed by atoms with E-state index >= 15 is 0 Å². The summed E-state index contributed by atoms with van der Waals surface area (Å²) < 4.78 is 5.26. The number of nitrogens with one attached hydrogen (secondary N) is 1. The van der Waals surface area contributed by atoms with Crippen LogP contribution in [0.25, 0.3) is 6.08 Å². The summed E-state index contributed by atoms with van der Waals surface area (Å²) >= 11 is 12.3. The number of phenolic OH excluding ortho intramolecular Hbond substituents is 1. The molecule has 9 heteroatoms. The van der Waals surface area contributed by atoms with Gasteiger partial charge in [0.1, 0.15) is 17.9 Å². The second kappa shape index (κ2) is 8.27. The molecule has 0 bridgehead atoms. The highest BCUT2D eigenvalue weighted by Gasteiger charge is 2.36. The lowest BCUT2D eigenvalue weighted by atomic mass is 10.1. The fourth-order valence-corrected chi connectivity index (χ4v) is 3.19. The number of carbonyl (C=O) groups is 3. The van der Waals surface area contributed by atoms with E-state index in [1.165, 1.54) is 42.5 Å². The molecule has 0 radical (unpaired) electrons. The predicted octanol–water partition coefficient (Wildman–Crippen LogP) is 3.38. The van der Waals surface area contributed by atoms with Crippen LogP contribution in [-0.4, -0.2) is 29.6 Å². The monoisotopic (exact) mass is 430 g/mol. The van der Waals surface area contributed by atoms with E-state index in [4.69, 9.17) is 34.4 Å². The summed E-state index contributed by atoms with van der Waals surface area (Å²) in [6, 6.07) is 7.32. The van der Waals surface area contributed by atoms with Gasteiger partial charge < -0.3 is 9.84 Å². The Balaban J connectivity index is 1.98. The molecule has 29 heavy (non-hydrogen) atoms. The van der Waals surface area contributed by atoms with Crippen LogP contribution in [0.15, 0.2) is 42.0 Å². The third kappa shape index (κ3) is 4.19. The summed E-state index contributed by atoms with van der Waals surface area (Å²) in [5, 5.41) is 11.8. The van der Waals surface area contributed by atoms with Crippen LogP contribution >= 0.6 is 23.2 Å². The number of halogens is 2. The molecule has 1 fully saturated rings. The Morgan fingerprint density at radius 3 is 2.34 bits per heavy atom. The average Bonchev–Trinajstić information content (AvgIpc) is 2.66. The molecule has 0 aliphatic carbocycles. The largest absolute Gasteiger partial charge is 0.508 e. The molecule has 4 amide bonds. The third-order valence-corrected chi connectivity index (χ3v) is 4.40. The Labute approximate surface area is 175 Å². The van der Waals surface area contributed by atoms with Crippen LogP contribution in [0.3, 0.4) is 0 Å². The summed E-state index contributed by atoms with van der Waals surface area (Å²) in [6.07, 6.45) is 6.39. The number of anilines is 1. The first-order valence-electron chi connectivity index (χ1n) is 8.07. The van der Waals surface area contributed by atoms with Gasteiger partial charge in [-0.15, -0.1) is 6.42 Å². The molecule has 2 aromatic carbocycles. The van der Waals surface area contributed by atoms with Crippen molar-refractivity contribution in [3.63, 3.8) is 0 Å². The minimum atomic E-state index is -0.906. The van der Waals surface area contributed by atoms with Gasteiger partial charge in [-0.1, -0.05) is 29.1 Å². The number of amides is 4. The van der Waals surface area contributed by atoms with Gasteiger partial charge in [0.05, 0.1) is 15.7 Å². The second-order valence-electron chi connectivity index (χ2n) is 5.78. The zero-order valence-corrected chi connectivity index (χ0v) is 16.1.